The second kappa shape index (κ2) is 3.20. The molecule has 0 saturated carbocycles. The highest BCUT2D eigenvalue weighted by Crippen LogP contribution is 2.15. The molecule has 0 saturated heterocycles. The third-order valence-corrected chi connectivity index (χ3v) is 2.04. The molecule has 0 aliphatic heterocycles. The van der Waals surface area contributed by atoms with E-state index in [-0.39, 0.29) is 0 Å². The second-order valence-corrected chi connectivity index (χ2v) is 3.18. The highest BCUT2D eigenvalue weighted by atomic mass is 79.9. The molecule has 0 unspecified atom stereocenters. The maximum atomic E-state index is 3.92. The summed E-state index contributed by atoms with van der Waals surface area (Å²) in [5, 5.41) is 0. The Morgan fingerprint density at radius 3 is 2.70 bits per heavy atom. The van der Waals surface area contributed by atoms with Crippen molar-refractivity contribution in [1.29, 1.82) is 0 Å². The first-order chi connectivity index (χ1) is 4.74. The van der Waals surface area contributed by atoms with Gasteiger partial charge in [0.1, 0.15) is 0 Å². The van der Waals surface area contributed by atoms with Crippen LogP contribution < -0.4 is 0 Å². The Morgan fingerprint density at radius 2 is 2.20 bits per heavy atom. The molecule has 1 aromatic rings. The van der Waals surface area contributed by atoms with Crippen LogP contribution in [0.5, 0.6) is 0 Å². The van der Waals surface area contributed by atoms with Crippen LogP contribution in [0.4, 0.5) is 0 Å². The summed E-state index contributed by atoms with van der Waals surface area (Å²) < 4.78 is 1.11. The van der Waals surface area contributed by atoms with Gasteiger partial charge in [0.15, 0.2) is 0 Å². The smallest absolute Gasteiger partial charge is 0.0178 e. The van der Waals surface area contributed by atoms with Crippen LogP contribution in [0.15, 0.2) is 22.7 Å². The van der Waals surface area contributed by atoms with E-state index in [1.54, 1.807) is 0 Å². The van der Waals surface area contributed by atoms with Gasteiger partial charge in [-0.3, -0.25) is 0 Å². The minimum absolute atomic E-state index is 1.06. The summed E-state index contributed by atoms with van der Waals surface area (Å²) in [5.41, 5.74) is 2.44. The first kappa shape index (κ1) is 7.80. The molecule has 0 atom stereocenters. The van der Waals surface area contributed by atoms with Gasteiger partial charge in [-0.2, -0.15) is 0 Å². The Labute approximate surface area is 70.4 Å². The number of halogens is 1. The molecule has 0 aromatic heterocycles. The van der Waals surface area contributed by atoms with Crippen molar-refractivity contribution in [1.82, 2.24) is 0 Å². The Kier molecular flexibility index (Phi) is 2.50. The van der Waals surface area contributed by atoms with Crippen LogP contribution in [0, 0.1) is 6.92 Å². The highest BCUT2D eigenvalue weighted by Gasteiger charge is 1.94. The topological polar surface area (TPSA) is 0 Å². The zero-order valence-electron chi connectivity index (χ0n) is 6.02. The van der Waals surface area contributed by atoms with Gasteiger partial charge in [-0.25, -0.2) is 0 Å². The quantitative estimate of drug-likeness (QED) is 0.649. The van der Waals surface area contributed by atoms with Crippen molar-refractivity contribution in [2.75, 3.05) is 0 Å². The third kappa shape index (κ3) is 1.60. The average Bonchev–Trinajstić information content (AvgIpc) is 1.88. The molecule has 0 heterocycles. The van der Waals surface area contributed by atoms with Gasteiger partial charge in [0.2, 0.25) is 0 Å². The van der Waals surface area contributed by atoms with E-state index < -0.39 is 0 Å². The Morgan fingerprint density at radius 1 is 1.50 bits per heavy atom. The van der Waals surface area contributed by atoms with Crippen LogP contribution in [-0.4, -0.2) is 0 Å². The summed E-state index contributed by atoms with van der Waals surface area (Å²) in [4.78, 5) is 0. The zero-order chi connectivity index (χ0) is 7.56. The van der Waals surface area contributed by atoms with Crippen LogP contribution in [0.1, 0.15) is 18.1 Å². The summed E-state index contributed by atoms with van der Waals surface area (Å²) in [7, 11) is 0. The molecule has 1 radical (unpaired) electrons. The van der Waals surface area contributed by atoms with Crippen molar-refractivity contribution in [3.8, 4) is 0 Å². The number of benzene rings is 1. The van der Waals surface area contributed by atoms with Crippen LogP contribution in [0.25, 0.3) is 0 Å². The Hall–Kier alpha value is -0.300. The summed E-state index contributed by atoms with van der Waals surface area (Å²) in [6, 6.07) is 6.19. The van der Waals surface area contributed by atoms with Crippen LogP contribution in [0.2, 0.25) is 0 Å². The van der Waals surface area contributed by atoms with Gasteiger partial charge in [-0.15, -0.1) is 0 Å². The molecule has 53 valence electrons. The second-order valence-electron chi connectivity index (χ2n) is 2.27. The van der Waals surface area contributed by atoms with Crippen molar-refractivity contribution in [3.63, 3.8) is 0 Å². The fourth-order valence-electron chi connectivity index (χ4n) is 0.939. The summed E-state index contributed by atoms with van der Waals surface area (Å²) in [5.74, 6) is 0. The molecule has 1 rings (SSSR count). The van der Waals surface area contributed by atoms with E-state index in [9.17, 15) is 0 Å². The normalized spacial score (nSPS) is 9.90. The summed E-state index contributed by atoms with van der Waals surface area (Å²) >= 11 is 3.39. The minimum Gasteiger partial charge on any atom is -0.0613 e. The van der Waals surface area contributed by atoms with Gasteiger partial charge in [0.05, 0.1) is 0 Å². The molecule has 0 aliphatic rings. The zero-order valence-corrected chi connectivity index (χ0v) is 7.61. The molecular weight excluding hydrogens is 188 g/mol. The number of rotatable bonds is 1. The maximum absolute atomic E-state index is 3.92. The predicted octanol–water partition coefficient (Wildman–Crippen LogP) is 3.19. The summed E-state index contributed by atoms with van der Waals surface area (Å²) in [6.07, 6.45) is 1.06. The molecule has 1 heteroatoms. The van der Waals surface area contributed by atoms with E-state index >= 15 is 0 Å². The molecule has 0 fully saturated rings. The number of aryl methyl sites for hydroxylation is 1. The molecular formula is C9H10Br. The fourth-order valence-corrected chi connectivity index (χ4v) is 1.35. The first-order valence-corrected chi connectivity index (χ1v) is 4.13. The van der Waals surface area contributed by atoms with Crippen LogP contribution in [-0.2, 0) is 6.42 Å². The molecule has 0 aliphatic carbocycles. The lowest BCUT2D eigenvalue weighted by Gasteiger charge is -2.01. The lowest BCUT2D eigenvalue weighted by Crippen LogP contribution is -1.84. The Bertz CT molecular complexity index is 228. The van der Waals surface area contributed by atoms with Gasteiger partial charge in [-0.05, 0) is 36.6 Å². The fraction of sp³-hybridized carbons (Fsp3) is 0.222. The van der Waals surface area contributed by atoms with Crippen molar-refractivity contribution in [3.05, 3.63) is 40.7 Å². The highest BCUT2D eigenvalue weighted by molar-refractivity contribution is 9.10. The van der Waals surface area contributed by atoms with Crippen molar-refractivity contribution in [2.45, 2.75) is 13.3 Å². The number of hydrogen-bond acceptors (Lipinski definition) is 0. The molecule has 0 amide bonds. The van der Waals surface area contributed by atoms with E-state index in [2.05, 4.69) is 35.8 Å². The lowest BCUT2D eigenvalue weighted by atomic mass is 10.1. The number of hydrogen-bond donors (Lipinski definition) is 0. The van der Waals surface area contributed by atoms with E-state index in [1.807, 2.05) is 12.1 Å². The lowest BCUT2D eigenvalue weighted by molar-refractivity contribution is 1.12. The standard InChI is InChI=1S/C9H10Br/c1-3-8-4-5-9(10)6-7(8)2/h4-6H,2-3H2,1H3. The first-order valence-electron chi connectivity index (χ1n) is 3.34. The van der Waals surface area contributed by atoms with Crippen molar-refractivity contribution < 1.29 is 0 Å². The van der Waals surface area contributed by atoms with Gasteiger partial charge < -0.3 is 0 Å². The average molecular weight is 198 g/mol. The van der Waals surface area contributed by atoms with E-state index in [4.69, 9.17) is 0 Å². The monoisotopic (exact) mass is 197 g/mol. The van der Waals surface area contributed by atoms with Crippen LogP contribution in [0.3, 0.4) is 0 Å². The van der Waals surface area contributed by atoms with E-state index in [1.165, 1.54) is 5.56 Å². The molecule has 0 bridgehead atoms. The van der Waals surface area contributed by atoms with Gasteiger partial charge in [0.25, 0.3) is 0 Å². The summed E-state index contributed by atoms with van der Waals surface area (Å²) in [6.45, 7) is 6.06. The molecule has 1 aromatic carbocycles. The third-order valence-electron chi connectivity index (χ3n) is 1.55. The van der Waals surface area contributed by atoms with Gasteiger partial charge in [-0.1, -0.05) is 28.9 Å². The van der Waals surface area contributed by atoms with E-state index in [0.29, 0.717) is 0 Å². The molecule has 10 heavy (non-hydrogen) atoms. The van der Waals surface area contributed by atoms with Gasteiger partial charge >= 0.3 is 0 Å². The van der Waals surface area contributed by atoms with Crippen LogP contribution >= 0.6 is 15.9 Å². The van der Waals surface area contributed by atoms with Gasteiger partial charge in [0, 0.05) is 4.47 Å². The SMILES string of the molecule is [CH2]c1cc(Br)ccc1CC. The minimum atomic E-state index is 1.06. The van der Waals surface area contributed by atoms with Crippen molar-refractivity contribution >= 4 is 15.9 Å². The molecule has 0 spiro atoms. The Balaban J connectivity index is 3.07. The largest absolute Gasteiger partial charge is 0.0613 e. The molecule has 0 N–H and O–H groups in total. The van der Waals surface area contributed by atoms with Crippen molar-refractivity contribution in [2.24, 2.45) is 0 Å². The van der Waals surface area contributed by atoms with E-state index in [0.717, 1.165) is 16.5 Å². The molecule has 0 nitrogen and oxygen atoms in total. The maximum Gasteiger partial charge on any atom is 0.0178 e. The predicted molar refractivity (Wildman–Crippen MR) is 48.0 cm³/mol.